The number of amides is 1. The Morgan fingerprint density at radius 1 is 1.22 bits per heavy atom. The van der Waals surface area contributed by atoms with Gasteiger partial charge in [-0.2, -0.15) is 0 Å². The predicted octanol–water partition coefficient (Wildman–Crippen LogP) is 2.90. The van der Waals surface area contributed by atoms with E-state index >= 15 is 0 Å². The number of nitrogens with one attached hydrogen (secondary N) is 2. The van der Waals surface area contributed by atoms with Crippen molar-refractivity contribution in [1.82, 2.24) is 10.6 Å². The molecule has 0 saturated carbocycles. The topological polar surface area (TPSA) is 41.1 Å². The quantitative estimate of drug-likeness (QED) is 0.862. The van der Waals surface area contributed by atoms with Crippen molar-refractivity contribution < 1.29 is 4.79 Å². The molecule has 3 nitrogen and oxygen atoms in total. The lowest BCUT2D eigenvalue weighted by molar-refractivity contribution is -0.123. The highest BCUT2D eigenvalue weighted by Crippen LogP contribution is 2.17. The van der Waals surface area contributed by atoms with Gasteiger partial charge in [0.2, 0.25) is 5.91 Å². The molecule has 0 spiro atoms. The van der Waals surface area contributed by atoms with E-state index in [0.717, 1.165) is 5.56 Å². The fourth-order valence-electron chi connectivity index (χ4n) is 1.73. The Morgan fingerprint density at radius 2 is 1.89 bits per heavy atom. The second kappa shape index (κ2) is 6.76. The van der Waals surface area contributed by atoms with Crippen molar-refractivity contribution in [2.24, 2.45) is 0 Å². The summed E-state index contributed by atoms with van der Waals surface area (Å²) < 4.78 is 0. The Balaban J connectivity index is 2.59. The maximum absolute atomic E-state index is 11.8. The van der Waals surface area contributed by atoms with Crippen molar-refractivity contribution in [2.45, 2.75) is 45.8 Å². The van der Waals surface area contributed by atoms with Gasteiger partial charge >= 0.3 is 0 Å². The van der Waals surface area contributed by atoms with Crippen molar-refractivity contribution in [3.8, 4) is 0 Å². The van der Waals surface area contributed by atoms with Crippen LogP contribution in [-0.2, 0) is 4.79 Å². The summed E-state index contributed by atoms with van der Waals surface area (Å²) in [5.74, 6) is 0.0129. The summed E-state index contributed by atoms with van der Waals surface area (Å²) >= 11 is 5.95. The molecule has 4 heteroatoms. The SMILES string of the molecule is CC(C)NC(=O)C(C)NC(C)c1cccc(Cl)c1. The molecule has 1 rings (SSSR count). The standard InChI is InChI=1S/C14H21ClN2O/c1-9(2)16-14(18)11(4)17-10(3)12-6-5-7-13(15)8-12/h5-11,17H,1-4H3,(H,16,18). The zero-order valence-electron chi connectivity index (χ0n) is 11.3. The molecular weight excluding hydrogens is 248 g/mol. The minimum absolute atomic E-state index is 0.0129. The lowest BCUT2D eigenvalue weighted by Crippen LogP contribution is -2.45. The Morgan fingerprint density at radius 3 is 2.44 bits per heavy atom. The fourth-order valence-corrected chi connectivity index (χ4v) is 1.93. The molecule has 1 aromatic rings. The van der Waals surface area contributed by atoms with Crippen LogP contribution in [0.4, 0.5) is 0 Å². The number of rotatable bonds is 5. The van der Waals surface area contributed by atoms with Crippen LogP contribution in [0.5, 0.6) is 0 Å². The van der Waals surface area contributed by atoms with Crippen LogP contribution in [0.15, 0.2) is 24.3 Å². The van der Waals surface area contributed by atoms with E-state index < -0.39 is 0 Å². The zero-order valence-corrected chi connectivity index (χ0v) is 12.1. The molecule has 2 unspecified atom stereocenters. The van der Waals surface area contributed by atoms with Crippen LogP contribution in [0.2, 0.25) is 5.02 Å². The van der Waals surface area contributed by atoms with E-state index in [1.165, 1.54) is 0 Å². The summed E-state index contributed by atoms with van der Waals surface area (Å²) in [4.78, 5) is 11.8. The molecule has 0 aromatic heterocycles. The molecule has 0 bridgehead atoms. The summed E-state index contributed by atoms with van der Waals surface area (Å²) in [5, 5.41) is 6.85. The first-order valence-electron chi connectivity index (χ1n) is 6.22. The van der Waals surface area contributed by atoms with Gasteiger partial charge in [-0.3, -0.25) is 10.1 Å². The van der Waals surface area contributed by atoms with E-state index in [9.17, 15) is 4.79 Å². The number of hydrogen-bond donors (Lipinski definition) is 2. The third kappa shape index (κ3) is 4.67. The van der Waals surface area contributed by atoms with Crippen molar-refractivity contribution in [3.63, 3.8) is 0 Å². The van der Waals surface area contributed by atoms with Gasteiger partial charge < -0.3 is 5.32 Å². The molecule has 2 atom stereocenters. The maximum atomic E-state index is 11.8. The zero-order chi connectivity index (χ0) is 13.7. The Labute approximate surface area is 114 Å². The molecule has 2 N–H and O–H groups in total. The van der Waals surface area contributed by atoms with E-state index in [4.69, 9.17) is 11.6 Å². The average Bonchev–Trinajstić information content (AvgIpc) is 2.27. The molecule has 18 heavy (non-hydrogen) atoms. The van der Waals surface area contributed by atoms with Crippen LogP contribution < -0.4 is 10.6 Å². The van der Waals surface area contributed by atoms with Crippen molar-refractivity contribution >= 4 is 17.5 Å². The van der Waals surface area contributed by atoms with Crippen LogP contribution in [0.1, 0.15) is 39.3 Å². The van der Waals surface area contributed by atoms with E-state index in [1.54, 1.807) is 0 Å². The second-order valence-electron chi connectivity index (χ2n) is 4.83. The van der Waals surface area contributed by atoms with E-state index in [1.807, 2.05) is 52.0 Å². The molecular formula is C14H21ClN2O. The minimum Gasteiger partial charge on any atom is -0.353 e. The number of hydrogen-bond acceptors (Lipinski definition) is 2. The molecule has 0 saturated heterocycles. The number of carbonyl (C=O) groups is 1. The largest absolute Gasteiger partial charge is 0.353 e. The molecule has 0 aliphatic rings. The van der Waals surface area contributed by atoms with Gasteiger partial charge in [0.15, 0.2) is 0 Å². The number of carbonyl (C=O) groups excluding carboxylic acids is 1. The van der Waals surface area contributed by atoms with Crippen molar-refractivity contribution in [3.05, 3.63) is 34.9 Å². The highest BCUT2D eigenvalue weighted by atomic mass is 35.5. The molecule has 0 radical (unpaired) electrons. The smallest absolute Gasteiger partial charge is 0.237 e. The highest BCUT2D eigenvalue weighted by Gasteiger charge is 2.16. The summed E-state index contributed by atoms with van der Waals surface area (Å²) in [7, 11) is 0. The first kappa shape index (κ1) is 15.0. The molecule has 0 aliphatic heterocycles. The first-order chi connectivity index (χ1) is 8.40. The summed E-state index contributed by atoms with van der Waals surface area (Å²) in [6, 6.07) is 7.66. The Bertz CT molecular complexity index is 407. The normalized spacial score (nSPS) is 14.3. The lowest BCUT2D eigenvalue weighted by atomic mass is 10.1. The number of halogens is 1. The van der Waals surface area contributed by atoms with Gasteiger partial charge in [-0.15, -0.1) is 0 Å². The lowest BCUT2D eigenvalue weighted by Gasteiger charge is -2.21. The third-order valence-electron chi connectivity index (χ3n) is 2.67. The van der Waals surface area contributed by atoms with Gasteiger partial charge in [-0.1, -0.05) is 23.7 Å². The molecule has 1 aromatic carbocycles. The van der Waals surface area contributed by atoms with Crippen molar-refractivity contribution in [2.75, 3.05) is 0 Å². The average molecular weight is 269 g/mol. The van der Waals surface area contributed by atoms with Gasteiger partial charge in [0.25, 0.3) is 0 Å². The van der Waals surface area contributed by atoms with Gasteiger partial charge in [-0.05, 0) is 45.4 Å². The first-order valence-corrected chi connectivity index (χ1v) is 6.60. The van der Waals surface area contributed by atoms with Crippen LogP contribution in [0, 0.1) is 0 Å². The van der Waals surface area contributed by atoms with E-state index in [-0.39, 0.29) is 24.0 Å². The fraction of sp³-hybridized carbons (Fsp3) is 0.500. The number of benzene rings is 1. The van der Waals surface area contributed by atoms with Gasteiger partial charge in [0, 0.05) is 17.1 Å². The Hall–Kier alpha value is -1.06. The van der Waals surface area contributed by atoms with Crippen LogP contribution in [0.3, 0.4) is 0 Å². The highest BCUT2D eigenvalue weighted by molar-refractivity contribution is 6.30. The summed E-state index contributed by atoms with van der Waals surface area (Å²) in [5.41, 5.74) is 1.08. The molecule has 1 amide bonds. The maximum Gasteiger partial charge on any atom is 0.237 e. The molecule has 0 heterocycles. The molecule has 0 fully saturated rings. The molecule has 0 aliphatic carbocycles. The van der Waals surface area contributed by atoms with Crippen molar-refractivity contribution in [1.29, 1.82) is 0 Å². The van der Waals surface area contributed by atoms with Crippen LogP contribution >= 0.6 is 11.6 Å². The monoisotopic (exact) mass is 268 g/mol. The Kier molecular flexibility index (Phi) is 5.63. The predicted molar refractivity (Wildman–Crippen MR) is 75.7 cm³/mol. The second-order valence-corrected chi connectivity index (χ2v) is 5.26. The van der Waals surface area contributed by atoms with Crippen LogP contribution in [0.25, 0.3) is 0 Å². The third-order valence-corrected chi connectivity index (χ3v) is 2.91. The minimum atomic E-state index is -0.235. The van der Waals surface area contributed by atoms with Crippen LogP contribution in [-0.4, -0.2) is 18.0 Å². The van der Waals surface area contributed by atoms with E-state index in [2.05, 4.69) is 10.6 Å². The van der Waals surface area contributed by atoms with E-state index in [0.29, 0.717) is 5.02 Å². The van der Waals surface area contributed by atoms with Gasteiger partial charge in [0.05, 0.1) is 6.04 Å². The van der Waals surface area contributed by atoms with Gasteiger partial charge in [-0.25, -0.2) is 0 Å². The summed E-state index contributed by atoms with van der Waals surface area (Å²) in [6.07, 6.45) is 0. The molecule has 100 valence electrons. The summed E-state index contributed by atoms with van der Waals surface area (Å²) in [6.45, 7) is 7.78. The van der Waals surface area contributed by atoms with Gasteiger partial charge in [0.1, 0.15) is 0 Å².